The Hall–Kier alpha value is -1.27. The SMILES string of the molecule is CS(=O)(=O)CCC(N)c1nn2c(C(F)(F)F)nnc2s1. The van der Waals surface area contributed by atoms with Crippen LogP contribution in [0.2, 0.25) is 0 Å². The van der Waals surface area contributed by atoms with Crippen molar-refractivity contribution >= 4 is 26.1 Å². The number of sulfone groups is 1. The predicted molar refractivity (Wildman–Crippen MR) is 64.9 cm³/mol. The largest absolute Gasteiger partial charge is 0.453 e. The molecule has 0 aliphatic rings. The fourth-order valence-corrected chi connectivity index (χ4v) is 2.98. The predicted octanol–water partition coefficient (Wildman–Crippen LogP) is 0.639. The number of nitrogens with zero attached hydrogens (tertiary/aromatic N) is 4. The molecule has 0 aliphatic carbocycles. The molecule has 2 N–H and O–H groups in total. The Bertz CT molecular complexity index is 720. The Morgan fingerprint density at radius 2 is 2.05 bits per heavy atom. The van der Waals surface area contributed by atoms with Crippen LogP contribution < -0.4 is 5.73 Å². The minimum atomic E-state index is -4.67. The molecule has 0 saturated carbocycles. The van der Waals surface area contributed by atoms with Gasteiger partial charge in [0.25, 0.3) is 5.82 Å². The van der Waals surface area contributed by atoms with Gasteiger partial charge in [-0.05, 0) is 6.42 Å². The molecule has 2 heterocycles. The van der Waals surface area contributed by atoms with Gasteiger partial charge in [0.2, 0.25) is 4.96 Å². The van der Waals surface area contributed by atoms with Crippen LogP contribution in [0.1, 0.15) is 23.3 Å². The summed E-state index contributed by atoms with van der Waals surface area (Å²) in [4.78, 5) is -0.0397. The number of nitrogens with two attached hydrogens (primary N) is 1. The molecule has 0 aromatic carbocycles. The number of hydrogen-bond donors (Lipinski definition) is 1. The van der Waals surface area contributed by atoms with Crippen molar-refractivity contribution in [3.8, 4) is 0 Å². The zero-order valence-corrected chi connectivity index (χ0v) is 11.8. The van der Waals surface area contributed by atoms with Gasteiger partial charge in [-0.25, -0.2) is 8.42 Å². The number of halogens is 3. The summed E-state index contributed by atoms with van der Waals surface area (Å²) in [5.41, 5.74) is 5.73. The van der Waals surface area contributed by atoms with Gasteiger partial charge in [-0.15, -0.1) is 10.2 Å². The van der Waals surface area contributed by atoms with Gasteiger partial charge in [-0.3, -0.25) is 0 Å². The molecule has 2 aromatic heterocycles. The molecule has 0 amide bonds. The van der Waals surface area contributed by atoms with E-state index in [-0.39, 0.29) is 22.1 Å². The number of rotatable bonds is 4. The summed E-state index contributed by atoms with van der Waals surface area (Å²) in [6.45, 7) is 0. The highest BCUT2D eigenvalue weighted by Crippen LogP contribution is 2.30. The van der Waals surface area contributed by atoms with Crippen molar-refractivity contribution in [1.82, 2.24) is 19.8 Å². The van der Waals surface area contributed by atoms with E-state index in [1.165, 1.54) is 0 Å². The smallest absolute Gasteiger partial charge is 0.322 e. The van der Waals surface area contributed by atoms with Gasteiger partial charge in [0.1, 0.15) is 14.8 Å². The fraction of sp³-hybridized carbons (Fsp3) is 0.625. The van der Waals surface area contributed by atoms with Crippen molar-refractivity contribution in [2.24, 2.45) is 5.73 Å². The first kappa shape index (κ1) is 15.1. The number of aromatic nitrogens is 4. The lowest BCUT2D eigenvalue weighted by molar-refractivity contribution is -0.146. The van der Waals surface area contributed by atoms with Crippen LogP contribution in [0.5, 0.6) is 0 Å². The molecule has 2 rings (SSSR count). The highest BCUT2D eigenvalue weighted by atomic mass is 32.2. The second kappa shape index (κ2) is 4.93. The molecule has 0 saturated heterocycles. The van der Waals surface area contributed by atoms with Gasteiger partial charge in [-0.1, -0.05) is 11.3 Å². The lowest BCUT2D eigenvalue weighted by Gasteiger charge is -2.06. The minimum Gasteiger partial charge on any atom is -0.322 e. The van der Waals surface area contributed by atoms with Crippen LogP contribution in [-0.2, 0) is 16.0 Å². The number of alkyl halides is 3. The van der Waals surface area contributed by atoms with Crippen molar-refractivity contribution in [1.29, 1.82) is 0 Å². The van der Waals surface area contributed by atoms with Crippen LogP contribution in [-0.4, -0.2) is 40.2 Å². The molecule has 1 atom stereocenters. The zero-order chi connectivity index (χ0) is 15.1. The normalized spacial score (nSPS) is 14.8. The zero-order valence-electron chi connectivity index (χ0n) is 10.1. The quantitative estimate of drug-likeness (QED) is 0.883. The van der Waals surface area contributed by atoms with E-state index in [0.717, 1.165) is 17.6 Å². The summed E-state index contributed by atoms with van der Waals surface area (Å²) in [6, 6.07) is -0.766. The summed E-state index contributed by atoms with van der Waals surface area (Å²) in [6.07, 6.45) is -3.54. The second-order valence-corrected chi connectivity index (χ2v) is 7.43. The Labute approximate surface area is 115 Å². The molecule has 0 bridgehead atoms. The maximum absolute atomic E-state index is 12.6. The lowest BCUT2D eigenvalue weighted by Crippen LogP contribution is -2.16. The standard InChI is InChI=1S/C8H10F3N5O2S2/c1-20(17,18)3-2-4(12)5-15-16-6(8(9,10)11)13-14-7(16)19-5/h4H,2-3,12H2,1H3. The van der Waals surface area contributed by atoms with Crippen LogP contribution in [0.25, 0.3) is 4.96 Å². The maximum Gasteiger partial charge on any atom is 0.453 e. The van der Waals surface area contributed by atoms with Gasteiger partial charge in [0, 0.05) is 6.26 Å². The third-order valence-corrected chi connectivity index (χ3v) is 4.38. The van der Waals surface area contributed by atoms with E-state index in [9.17, 15) is 21.6 Å². The maximum atomic E-state index is 12.6. The Kier molecular flexibility index (Phi) is 3.73. The van der Waals surface area contributed by atoms with E-state index in [0.29, 0.717) is 4.52 Å². The molecule has 0 radical (unpaired) electrons. The molecule has 20 heavy (non-hydrogen) atoms. The first-order valence-corrected chi connectivity index (χ1v) is 8.18. The van der Waals surface area contributed by atoms with Gasteiger partial charge < -0.3 is 5.73 Å². The summed E-state index contributed by atoms with van der Waals surface area (Å²) >= 11 is 0.851. The molecule has 112 valence electrons. The summed E-state index contributed by atoms with van der Waals surface area (Å²) in [5.74, 6) is -1.40. The van der Waals surface area contributed by atoms with E-state index >= 15 is 0 Å². The lowest BCUT2D eigenvalue weighted by atomic mass is 10.2. The number of fused-ring (bicyclic) bond motifs is 1. The van der Waals surface area contributed by atoms with Crippen LogP contribution in [0.3, 0.4) is 0 Å². The van der Waals surface area contributed by atoms with Crippen LogP contribution in [0.4, 0.5) is 13.2 Å². The van der Waals surface area contributed by atoms with Gasteiger partial charge >= 0.3 is 6.18 Å². The topological polar surface area (TPSA) is 103 Å². The van der Waals surface area contributed by atoms with Crippen LogP contribution >= 0.6 is 11.3 Å². The Morgan fingerprint density at radius 1 is 1.40 bits per heavy atom. The molecule has 12 heteroatoms. The molecule has 7 nitrogen and oxygen atoms in total. The van der Waals surface area contributed by atoms with Crippen molar-refractivity contribution in [2.45, 2.75) is 18.6 Å². The molecule has 0 fully saturated rings. The first-order valence-electron chi connectivity index (χ1n) is 5.30. The minimum absolute atomic E-state index is 0.0397. The Balaban J connectivity index is 2.26. The van der Waals surface area contributed by atoms with Gasteiger partial charge in [0.15, 0.2) is 0 Å². The van der Waals surface area contributed by atoms with Crippen LogP contribution in [0.15, 0.2) is 0 Å². The molecular formula is C8H10F3N5O2S2. The fourth-order valence-electron chi connectivity index (χ4n) is 1.42. The van der Waals surface area contributed by atoms with E-state index in [4.69, 9.17) is 5.73 Å². The Morgan fingerprint density at radius 3 is 2.60 bits per heavy atom. The third-order valence-electron chi connectivity index (χ3n) is 2.38. The van der Waals surface area contributed by atoms with E-state index < -0.39 is 27.9 Å². The van der Waals surface area contributed by atoms with Crippen molar-refractivity contribution in [2.75, 3.05) is 12.0 Å². The molecule has 2 aromatic rings. The van der Waals surface area contributed by atoms with E-state index in [2.05, 4.69) is 15.3 Å². The van der Waals surface area contributed by atoms with Gasteiger partial charge in [-0.2, -0.15) is 22.8 Å². The summed E-state index contributed by atoms with van der Waals surface area (Å²) in [5, 5.41) is 10.3. The molecule has 1 unspecified atom stereocenters. The summed E-state index contributed by atoms with van der Waals surface area (Å²) < 4.78 is 60.4. The van der Waals surface area contributed by atoms with Crippen molar-refractivity contribution in [3.05, 3.63) is 10.8 Å². The average Bonchev–Trinajstić information content (AvgIpc) is 2.81. The van der Waals surface area contributed by atoms with Crippen molar-refractivity contribution < 1.29 is 21.6 Å². The molecule has 0 aliphatic heterocycles. The molecule has 0 spiro atoms. The number of hydrogen-bond acceptors (Lipinski definition) is 7. The van der Waals surface area contributed by atoms with E-state index in [1.54, 1.807) is 0 Å². The first-order chi connectivity index (χ1) is 9.08. The third kappa shape index (κ3) is 3.24. The molecular weight excluding hydrogens is 319 g/mol. The van der Waals surface area contributed by atoms with Crippen LogP contribution in [0, 0.1) is 0 Å². The average molecular weight is 329 g/mol. The highest BCUT2D eigenvalue weighted by molar-refractivity contribution is 7.90. The highest BCUT2D eigenvalue weighted by Gasteiger charge is 2.38. The van der Waals surface area contributed by atoms with Gasteiger partial charge in [0.05, 0.1) is 11.8 Å². The van der Waals surface area contributed by atoms with Crippen molar-refractivity contribution in [3.63, 3.8) is 0 Å². The summed E-state index contributed by atoms with van der Waals surface area (Å²) in [7, 11) is -3.19. The van der Waals surface area contributed by atoms with E-state index in [1.807, 2.05) is 0 Å². The monoisotopic (exact) mass is 329 g/mol. The second-order valence-electron chi connectivity index (χ2n) is 4.18.